The second-order valence-corrected chi connectivity index (χ2v) is 9.18. The summed E-state index contributed by atoms with van der Waals surface area (Å²) in [6.45, 7) is 3.85. The molecule has 10 heteroatoms. The van der Waals surface area contributed by atoms with E-state index in [0.717, 1.165) is 23.4 Å². The standard InChI is InChI=1S/C19H29N5O3S2/c1-4-16-14-22-18(28-16)8-9-21-19(20-2)23-13-15-6-5-7-17(12-15)29(25,26)24-10-11-27-3/h5-7,12,14,24H,4,8-11,13H2,1-3H3,(H2,20,21,23). The van der Waals surface area contributed by atoms with Gasteiger partial charge in [0.1, 0.15) is 0 Å². The Kier molecular flexibility index (Phi) is 9.52. The molecular weight excluding hydrogens is 410 g/mol. The van der Waals surface area contributed by atoms with Gasteiger partial charge in [-0.25, -0.2) is 18.1 Å². The minimum atomic E-state index is -3.55. The molecule has 0 aliphatic rings. The molecule has 0 fully saturated rings. The van der Waals surface area contributed by atoms with Crippen LogP contribution in [-0.4, -0.2) is 53.2 Å². The van der Waals surface area contributed by atoms with Gasteiger partial charge in [-0.1, -0.05) is 19.1 Å². The van der Waals surface area contributed by atoms with Gasteiger partial charge in [0.15, 0.2) is 5.96 Å². The molecule has 0 unspecified atom stereocenters. The summed E-state index contributed by atoms with van der Waals surface area (Å²) >= 11 is 1.73. The van der Waals surface area contributed by atoms with Crippen LogP contribution in [0, 0.1) is 0 Å². The molecule has 3 N–H and O–H groups in total. The van der Waals surface area contributed by atoms with E-state index in [-0.39, 0.29) is 11.4 Å². The molecule has 0 bridgehead atoms. The molecule has 1 heterocycles. The molecule has 0 spiro atoms. The van der Waals surface area contributed by atoms with E-state index in [1.54, 1.807) is 36.6 Å². The van der Waals surface area contributed by atoms with Gasteiger partial charge in [0.2, 0.25) is 10.0 Å². The second kappa shape index (κ2) is 11.9. The highest BCUT2D eigenvalue weighted by Crippen LogP contribution is 2.13. The van der Waals surface area contributed by atoms with Gasteiger partial charge in [0.05, 0.1) is 16.5 Å². The maximum Gasteiger partial charge on any atom is 0.240 e. The van der Waals surface area contributed by atoms with Gasteiger partial charge < -0.3 is 15.4 Å². The Morgan fingerprint density at radius 2 is 2.10 bits per heavy atom. The first kappa shape index (κ1) is 23.3. The number of nitrogens with zero attached hydrogens (tertiary/aromatic N) is 2. The molecule has 1 aromatic heterocycles. The molecule has 0 saturated carbocycles. The van der Waals surface area contributed by atoms with Crippen LogP contribution in [0.4, 0.5) is 0 Å². The summed E-state index contributed by atoms with van der Waals surface area (Å²) in [5.74, 6) is 0.656. The monoisotopic (exact) mass is 439 g/mol. The van der Waals surface area contributed by atoms with Crippen LogP contribution in [0.1, 0.15) is 22.4 Å². The Hall–Kier alpha value is -2.01. The molecule has 29 heavy (non-hydrogen) atoms. The predicted molar refractivity (Wildman–Crippen MR) is 117 cm³/mol. The Morgan fingerprint density at radius 3 is 2.79 bits per heavy atom. The first-order chi connectivity index (χ1) is 14.0. The number of methoxy groups -OCH3 is 1. The number of nitrogens with one attached hydrogen (secondary N) is 3. The highest BCUT2D eigenvalue weighted by atomic mass is 32.2. The minimum absolute atomic E-state index is 0.228. The molecule has 0 amide bonds. The van der Waals surface area contributed by atoms with E-state index in [0.29, 0.717) is 25.7 Å². The fourth-order valence-electron chi connectivity index (χ4n) is 2.51. The van der Waals surface area contributed by atoms with E-state index in [1.807, 2.05) is 12.3 Å². The average molecular weight is 440 g/mol. The summed E-state index contributed by atoms with van der Waals surface area (Å²) in [4.78, 5) is 10.1. The number of aryl methyl sites for hydroxylation is 1. The molecule has 2 aromatic rings. The van der Waals surface area contributed by atoms with Crippen LogP contribution in [0.5, 0.6) is 0 Å². The normalized spacial score (nSPS) is 12.2. The molecule has 0 radical (unpaired) electrons. The Balaban J connectivity index is 1.85. The largest absolute Gasteiger partial charge is 0.383 e. The number of rotatable bonds is 11. The fourth-order valence-corrected chi connectivity index (χ4v) is 4.45. The minimum Gasteiger partial charge on any atom is -0.383 e. The van der Waals surface area contributed by atoms with Crippen LogP contribution in [0.2, 0.25) is 0 Å². The number of aliphatic imine (C=N–C) groups is 1. The number of guanidine groups is 1. The summed E-state index contributed by atoms with van der Waals surface area (Å²) in [6.07, 6.45) is 3.76. The first-order valence-electron chi connectivity index (χ1n) is 9.44. The van der Waals surface area contributed by atoms with Crippen molar-refractivity contribution in [3.05, 3.63) is 45.9 Å². The third-order valence-corrected chi connectivity index (χ3v) is 6.73. The summed E-state index contributed by atoms with van der Waals surface area (Å²) in [5.41, 5.74) is 0.843. The van der Waals surface area contributed by atoms with E-state index in [1.165, 1.54) is 12.0 Å². The van der Waals surface area contributed by atoms with Crippen LogP contribution in [0.15, 0.2) is 40.4 Å². The van der Waals surface area contributed by atoms with Gasteiger partial charge >= 0.3 is 0 Å². The van der Waals surface area contributed by atoms with Crippen molar-refractivity contribution in [3.8, 4) is 0 Å². The lowest BCUT2D eigenvalue weighted by atomic mass is 10.2. The van der Waals surface area contributed by atoms with Gasteiger partial charge in [0.25, 0.3) is 0 Å². The molecule has 8 nitrogen and oxygen atoms in total. The Labute approximate surface area is 176 Å². The SMILES string of the molecule is CCc1cnc(CCNC(=NC)NCc2cccc(S(=O)(=O)NCCOC)c2)s1. The third-order valence-electron chi connectivity index (χ3n) is 4.07. The number of benzene rings is 1. The topological polar surface area (TPSA) is 105 Å². The van der Waals surface area contributed by atoms with Crippen molar-refractivity contribution in [3.63, 3.8) is 0 Å². The smallest absolute Gasteiger partial charge is 0.240 e. The van der Waals surface area contributed by atoms with Crippen LogP contribution >= 0.6 is 11.3 Å². The number of hydrogen-bond acceptors (Lipinski definition) is 6. The number of aromatic nitrogens is 1. The van der Waals surface area contributed by atoms with Crippen molar-refractivity contribution >= 4 is 27.3 Å². The summed E-state index contributed by atoms with van der Waals surface area (Å²) in [5, 5.41) is 7.56. The van der Waals surface area contributed by atoms with E-state index in [9.17, 15) is 8.42 Å². The van der Waals surface area contributed by atoms with E-state index < -0.39 is 10.0 Å². The molecule has 2 rings (SSSR count). The zero-order valence-electron chi connectivity index (χ0n) is 17.1. The maximum atomic E-state index is 12.3. The van der Waals surface area contributed by atoms with Crippen molar-refractivity contribution < 1.29 is 13.2 Å². The lowest BCUT2D eigenvalue weighted by molar-refractivity contribution is 0.204. The molecule has 1 aromatic carbocycles. The van der Waals surface area contributed by atoms with Crippen molar-refractivity contribution in [2.24, 2.45) is 4.99 Å². The van der Waals surface area contributed by atoms with Gasteiger partial charge in [-0.15, -0.1) is 11.3 Å². The summed E-state index contributed by atoms with van der Waals surface area (Å²) < 4.78 is 32.0. The van der Waals surface area contributed by atoms with Gasteiger partial charge in [-0.05, 0) is 24.1 Å². The Morgan fingerprint density at radius 1 is 1.28 bits per heavy atom. The zero-order chi connectivity index (χ0) is 21.1. The van der Waals surface area contributed by atoms with Crippen molar-refractivity contribution in [2.75, 3.05) is 33.9 Å². The number of thiazole rings is 1. The summed E-state index contributed by atoms with van der Waals surface area (Å²) in [6, 6.07) is 6.82. The fraction of sp³-hybridized carbons (Fsp3) is 0.474. The van der Waals surface area contributed by atoms with Gasteiger partial charge in [0, 0.05) is 51.3 Å². The molecule has 0 atom stereocenters. The predicted octanol–water partition coefficient (Wildman–Crippen LogP) is 1.54. The average Bonchev–Trinajstić information content (AvgIpc) is 3.19. The first-order valence-corrected chi connectivity index (χ1v) is 11.7. The maximum absolute atomic E-state index is 12.3. The second-order valence-electron chi connectivity index (χ2n) is 6.21. The zero-order valence-corrected chi connectivity index (χ0v) is 18.7. The van der Waals surface area contributed by atoms with Crippen molar-refractivity contribution in [1.29, 1.82) is 0 Å². The summed E-state index contributed by atoms with van der Waals surface area (Å²) in [7, 11) is -0.322. The van der Waals surface area contributed by atoms with Crippen molar-refractivity contribution in [2.45, 2.75) is 31.2 Å². The number of hydrogen-bond donors (Lipinski definition) is 3. The number of ether oxygens (including phenoxy) is 1. The molecular formula is C19H29N5O3S2. The van der Waals surface area contributed by atoms with Crippen LogP contribution in [0.25, 0.3) is 0 Å². The van der Waals surface area contributed by atoms with E-state index in [4.69, 9.17) is 4.74 Å². The quantitative estimate of drug-likeness (QED) is 0.279. The van der Waals surface area contributed by atoms with Gasteiger partial charge in [-0.2, -0.15) is 0 Å². The Bertz CT molecular complexity index is 897. The van der Waals surface area contributed by atoms with Gasteiger partial charge in [-0.3, -0.25) is 4.99 Å². The van der Waals surface area contributed by atoms with Crippen LogP contribution < -0.4 is 15.4 Å². The van der Waals surface area contributed by atoms with Crippen LogP contribution in [0.3, 0.4) is 0 Å². The van der Waals surface area contributed by atoms with E-state index >= 15 is 0 Å². The lowest BCUT2D eigenvalue weighted by Gasteiger charge is -2.12. The third kappa shape index (κ3) is 7.73. The molecule has 0 aliphatic heterocycles. The van der Waals surface area contributed by atoms with Crippen molar-refractivity contribution in [1.82, 2.24) is 20.3 Å². The molecule has 160 valence electrons. The van der Waals surface area contributed by atoms with Crippen LogP contribution in [-0.2, 0) is 34.1 Å². The highest BCUT2D eigenvalue weighted by Gasteiger charge is 2.13. The molecule has 0 saturated heterocycles. The lowest BCUT2D eigenvalue weighted by Crippen LogP contribution is -2.37. The molecule has 0 aliphatic carbocycles. The highest BCUT2D eigenvalue weighted by molar-refractivity contribution is 7.89. The van der Waals surface area contributed by atoms with E-state index in [2.05, 4.69) is 32.3 Å². The number of sulfonamides is 1.